The van der Waals surface area contributed by atoms with Gasteiger partial charge in [0.2, 0.25) is 11.9 Å². The van der Waals surface area contributed by atoms with Crippen LogP contribution in [0.25, 0.3) is 0 Å². The molecule has 10 heteroatoms. The van der Waals surface area contributed by atoms with Crippen molar-refractivity contribution in [3.8, 4) is 0 Å². The van der Waals surface area contributed by atoms with E-state index < -0.39 is 9.73 Å². The minimum Gasteiger partial charge on any atom is -0.375 e. The third-order valence-corrected chi connectivity index (χ3v) is 9.64. The van der Waals surface area contributed by atoms with E-state index in [4.69, 9.17) is 14.7 Å². The zero-order chi connectivity index (χ0) is 24.8. The standard InChI is InChI=1S/C25H34N6O3S/c1-5-16(2)23(32)29-24-26-14-17-18-15-34-25(3,4)13-19(18)31(22(17)28-24)21-10-8-9-20(27-21)30-35(33)11-6-7-12-35/h8-10,14,16,18-19H,5-7,11-13,15H2,1-4H3,(H,26,28,29,32)/t16?,18?,19-/m1/s1. The van der Waals surface area contributed by atoms with Crippen molar-refractivity contribution in [3.63, 3.8) is 0 Å². The van der Waals surface area contributed by atoms with E-state index >= 15 is 0 Å². The third kappa shape index (κ3) is 4.78. The fraction of sp³-hybridized carbons (Fsp3) is 0.600. The number of pyridine rings is 1. The lowest BCUT2D eigenvalue weighted by Gasteiger charge is -2.40. The van der Waals surface area contributed by atoms with Gasteiger partial charge in [0.05, 0.1) is 21.9 Å². The van der Waals surface area contributed by atoms with Crippen LogP contribution in [0.15, 0.2) is 28.8 Å². The van der Waals surface area contributed by atoms with Gasteiger partial charge in [0, 0.05) is 41.1 Å². The summed E-state index contributed by atoms with van der Waals surface area (Å²) in [5.41, 5.74) is 0.690. The van der Waals surface area contributed by atoms with Crippen molar-refractivity contribution in [1.29, 1.82) is 0 Å². The molecular formula is C25H34N6O3S. The maximum atomic E-state index is 13.0. The van der Waals surface area contributed by atoms with Crippen LogP contribution >= 0.6 is 0 Å². The molecule has 1 N–H and O–H groups in total. The Morgan fingerprint density at radius 2 is 2.09 bits per heavy atom. The summed E-state index contributed by atoms with van der Waals surface area (Å²) in [6.45, 7) is 8.61. The largest absolute Gasteiger partial charge is 0.375 e. The Hall–Kier alpha value is -2.59. The van der Waals surface area contributed by atoms with Crippen LogP contribution in [0.2, 0.25) is 0 Å². The summed E-state index contributed by atoms with van der Waals surface area (Å²) < 4.78 is 23.8. The Morgan fingerprint density at radius 1 is 1.31 bits per heavy atom. The van der Waals surface area contributed by atoms with Crippen LogP contribution in [0.1, 0.15) is 64.9 Å². The number of carbonyl (C=O) groups is 1. The molecule has 3 aliphatic heterocycles. The molecule has 0 saturated carbocycles. The van der Waals surface area contributed by atoms with Gasteiger partial charge in [-0.3, -0.25) is 10.1 Å². The van der Waals surface area contributed by atoms with Gasteiger partial charge in [-0.1, -0.05) is 19.9 Å². The van der Waals surface area contributed by atoms with Crippen LogP contribution in [0, 0.1) is 5.92 Å². The lowest BCUT2D eigenvalue weighted by molar-refractivity contribution is -0.119. The summed E-state index contributed by atoms with van der Waals surface area (Å²) in [7, 11) is -2.23. The molecule has 35 heavy (non-hydrogen) atoms. The van der Waals surface area contributed by atoms with Crippen molar-refractivity contribution >= 4 is 39.0 Å². The number of hydrogen-bond donors (Lipinski definition) is 1. The van der Waals surface area contributed by atoms with E-state index in [9.17, 15) is 9.00 Å². The summed E-state index contributed by atoms with van der Waals surface area (Å²) >= 11 is 0. The molecule has 2 fully saturated rings. The van der Waals surface area contributed by atoms with Gasteiger partial charge in [0.25, 0.3) is 0 Å². The molecule has 1 amide bonds. The number of carbonyl (C=O) groups excluding carboxylic acids is 1. The van der Waals surface area contributed by atoms with Gasteiger partial charge in [-0.25, -0.2) is 14.2 Å². The normalized spacial score (nSPS) is 25.0. The van der Waals surface area contributed by atoms with Gasteiger partial charge < -0.3 is 9.64 Å². The molecule has 3 aliphatic rings. The van der Waals surface area contributed by atoms with E-state index in [1.807, 2.05) is 32.0 Å². The van der Waals surface area contributed by atoms with Crippen LogP contribution in [0.4, 0.5) is 23.4 Å². The van der Waals surface area contributed by atoms with E-state index in [-0.39, 0.29) is 35.3 Å². The van der Waals surface area contributed by atoms with Gasteiger partial charge in [0.15, 0.2) is 5.82 Å². The number of anilines is 3. The maximum Gasteiger partial charge on any atom is 0.231 e. The SMILES string of the molecule is CCC(C)C(=O)Nc1ncc2c(n1)N(c1cccc(N=S3(=O)CCCC3)n1)[C@@H]1CC(C)(C)OCC21. The Kier molecular flexibility index (Phi) is 6.29. The monoisotopic (exact) mass is 498 g/mol. The molecule has 0 bridgehead atoms. The molecule has 2 saturated heterocycles. The van der Waals surface area contributed by atoms with E-state index in [2.05, 4.69) is 33.4 Å². The summed E-state index contributed by atoms with van der Waals surface area (Å²) in [5, 5.41) is 2.86. The van der Waals surface area contributed by atoms with Crippen molar-refractivity contribution in [3.05, 3.63) is 30.0 Å². The first-order chi connectivity index (χ1) is 16.7. The number of amides is 1. The molecule has 2 aromatic rings. The van der Waals surface area contributed by atoms with Crippen molar-refractivity contribution in [1.82, 2.24) is 15.0 Å². The van der Waals surface area contributed by atoms with Crippen LogP contribution in [0.5, 0.6) is 0 Å². The predicted octanol–water partition coefficient (Wildman–Crippen LogP) is 4.55. The smallest absolute Gasteiger partial charge is 0.231 e. The van der Waals surface area contributed by atoms with Gasteiger partial charge in [-0.15, -0.1) is 0 Å². The number of fused-ring (bicyclic) bond motifs is 3. The number of rotatable bonds is 5. The molecule has 9 nitrogen and oxygen atoms in total. The van der Waals surface area contributed by atoms with Gasteiger partial charge in [0.1, 0.15) is 11.6 Å². The second-order valence-corrected chi connectivity index (χ2v) is 13.0. The Balaban J connectivity index is 1.56. The van der Waals surface area contributed by atoms with Crippen LogP contribution in [0.3, 0.4) is 0 Å². The average Bonchev–Trinajstić information content (AvgIpc) is 3.38. The summed E-state index contributed by atoms with van der Waals surface area (Å²) in [6, 6.07) is 5.73. The molecule has 188 valence electrons. The number of hydrogen-bond acceptors (Lipinski definition) is 8. The summed E-state index contributed by atoms with van der Waals surface area (Å²) in [6.07, 6.45) is 5.22. The second-order valence-electron chi connectivity index (χ2n) is 10.4. The highest BCUT2D eigenvalue weighted by Crippen LogP contribution is 2.49. The third-order valence-electron chi connectivity index (χ3n) is 7.27. The molecule has 3 atom stereocenters. The Morgan fingerprint density at radius 3 is 2.83 bits per heavy atom. The minimum absolute atomic E-state index is 0.0753. The number of nitrogens with one attached hydrogen (secondary N) is 1. The van der Waals surface area contributed by atoms with E-state index in [1.165, 1.54) is 0 Å². The predicted molar refractivity (Wildman–Crippen MR) is 137 cm³/mol. The van der Waals surface area contributed by atoms with Crippen LogP contribution < -0.4 is 10.2 Å². The Labute approximate surface area is 207 Å². The first kappa shape index (κ1) is 24.1. The molecule has 2 aromatic heterocycles. The number of aromatic nitrogens is 3. The molecular weight excluding hydrogens is 464 g/mol. The molecule has 0 radical (unpaired) electrons. The summed E-state index contributed by atoms with van der Waals surface area (Å²) in [5.74, 6) is 3.34. The lowest BCUT2D eigenvalue weighted by atomic mass is 9.85. The summed E-state index contributed by atoms with van der Waals surface area (Å²) in [4.78, 5) is 28.7. The van der Waals surface area contributed by atoms with Crippen molar-refractivity contribution in [2.24, 2.45) is 10.3 Å². The second kappa shape index (κ2) is 9.13. The zero-order valence-electron chi connectivity index (χ0n) is 20.9. The van der Waals surface area contributed by atoms with E-state index in [0.29, 0.717) is 29.7 Å². The first-order valence-corrected chi connectivity index (χ1v) is 14.3. The van der Waals surface area contributed by atoms with Crippen molar-refractivity contribution in [2.45, 2.75) is 70.9 Å². The lowest BCUT2D eigenvalue weighted by Crippen LogP contribution is -2.45. The van der Waals surface area contributed by atoms with Crippen molar-refractivity contribution < 1.29 is 13.7 Å². The van der Waals surface area contributed by atoms with E-state index in [0.717, 1.165) is 37.1 Å². The molecule has 5 heterocycles. The van der Waals surface area contributed by atoms with Gasteiger partial charge in [-0.05, 0) is 51.7 Å². The van der Waals surface area contributed by atoms with Gasteiger partial charge >= 0.3 is 0 Å². The number of nitrogens with zero attached hydrogens (tertiary/aromatic N) is 5. The molecule has 2 unspecified atom stereocenters. The highest BCUT2D eigenvalue weighted by Gasteiger charge is 2.48. The average molecular weight is 499 g/mol. The van der Waals surface area contributed by atoms with Crippen LogP contribution in [-0.2, 0) is 19.3 Å². The fourth-order valence-corrected chi connectivity index (χ4v) is 7.21. The highest BCUT2D eigenvalue weighted by atomic mass is 32.2. The Bertz CT molecular complexity index is 1240. The topological polar surface area (TPSA) is 110 Å². The highest BCUT2D eigenvalue weighted by molar-refractivity contribution is 7.93. The minimum atomic E-state index is -2.23. The first-order valence-electron chi connectivity index (χ1n) is 12.5. The number of ether oxygens (including phenoxy) is 1. The van der Waals surface area contributed by atoms with Crippen LogP contribution in [-0.4, -0.2) is 54.8 Å². The molecule has 0 spiro atoms. The quantitative estimate of drug-likeness (QED) is 0.644. The molecule has 5 rings (SSSR count). The zero-order valence-corrected chi connectivity index (χ0v) is 21.7. The van der Waals surface area contributed by atoms with Crippen molar-refractivity contribution in [2.75, 3.05) is 28.3 Å². The molecule has 0 aliphatic carbocycles. The fourth-order valence-electron chi connectivity index (χ4n) is 5.07. The molecule has 0 aromatic carbocycles. The maximum absolute atomic E-state index is 13.0. The van der Waals surface area contributed by atoms with E-state index in [1.54, 1.807) is 6.20 Å². The van der Waals surface area contributed by atoms with Gasteiger partial charge in [-0.2, -0.15) is 9.35 Å².